The number of piperazine rings is 1. The predicted octanol–water partition coefficient (Wildman–Crippen LogP) is 5.58. The Kier molecular flexibility index (Phi) is 7.79. The fourth-order valence-corrected chi connectivity index (χ4v) is 3.89. The molecule has 0 bridgehead atoms. The van der Waals surface area contributed by atoms with E-state index in [1.165, 1.54) is 41.6 Å². The molecular weight excluding hydrogens is 344 g/mol. The molecule has 2 aromatic carbocycles. The van der Waals surface area contributed by atoms with Gasteiger partial charge in [0.15, 0.2) is 0 Å². The second kappa shape index (κ2) is 10.5. The van der Waals surface area contributed by atoms with E-state index >= 15 is 0 Å². The number of hydrogen-bond acceptors (Lipinski definition) is 3. The fourth-order valence-electron chi connectivity index (χ4n) is 3.89. The lowest BCUT2D eigenvalue weighted by Crippen LogP contribution is -2.46. The Morgan fingerprint density at radius 2 is 1.61 bits per heavy atom. The molecule has 1 fully saturated rings. The van der Waals surface area contributed by atoms with Crippen LogP contribution in [-0.2, 0) is 6.54 Å². The lowest BCUT2D eigenvalue weighted by atomic mass is 10.1. The quantitative estimate of drug-likeness (QED) is 0.528. The minimum Gasteiger partial charge on any atom is -0.494 e. The van der Waals surface area contributed by atoms with Gasteiger partial charge in [0.2, 0.25) is 0 Å². The molecule has 1 aliphatic heterocycles. The van der Waals surface area contributed by atoms with Crippen LogP contribution in [0.15, 0.2) is 42.5 Å². The third-order valence-electron chi connectivity index (χ3n) is 5.89. The average Bonchev–Trinajstić information content (AvgIpc) is 2.72. The van der Waals surface area contributed by atoms with Gasteiger partial charge in [-0.3, -0.25) is 4.90 Å². The molecule has 0 aromatic heterocycles. The van der Waals surface area contributed by atoms with E-state index in [2.05, 4.69) is 73.0 Å². The summed E-state index contributed by atoms with van der Waals surface area (Å²) < 4.78 is 5.86. The van der Waals surface area contributed by atoms with Crippen molar-refractivity contribution in [3.63, 3.8) is 0 Å². The summed E-state index contributed by atoms with van der Waals surface area (Å²) in [7, 11) is 0. The van der Waals surface area contributed by atoms with Crippen LogP contribution in [-0.4, -0.2) is 37.7 Å². The van der Waals surface area contributed by atoms with Gasteiger partial charge in [-0.2, -0.15) is 0 Å². The maximum atomic E-state index is 5.86. The zero-order valence-electron chi connectivity index (χ0n) is 17.9. The molecule has 0 amide bonds. The third kappa shape index (κ3) is 5.75. The number of rotatable bonds is 9. The average molecular weight is 381 g/mol. The summed E-state index contributed by atoms with van der Waals surface area (Å²) in [6.45, 7) is 13.0. The molecule has 0 unspecified atom stereocenters. The van der Waals surface area contributed by atoms with E-state index in [4.69, 9.17) is 4.74 Å². The summed E-state index contributed by atoms with van der Waals surface area (Å²) in [5, 5.41) is 0. The normalized spacial score (nSPS) is 15.0. The van der Waals surface area contributed by atoms with Crippen LogP contribution in [0.4, 0.5) is 5.69 Å². The van der Waals surface area contributed by atoms with E-state index in [9.17, 15) is 0 Å². The molecule has 3 heteroatoms. The molecular formula is C25H36N2O. The zero-order chi connectivity index (χ0) is 19.8. The number of anilines is 1. The molecule has 1 heterocycles. The molecule has 0 spiro atoms. The van der Waals surface area contributed by atoms with Crippen molar-refractivity contribution in [3.8, 4) is 5.75 Å². The lowest BCUT2D eigenvalue weighted by molar-refractivity contribution is 0.249. The highest BCUT2D eigenvalue weighted by molar-refractivity contribution is 5.56. The van der Waals surface area contributed by atoms with E-state index in [0.29, 0.717) is 0 Å². The second-order valence-corrected chi connectivity index (χ2v) is 8.04. The van der Waals surface area contributed by atoms with Crippen LogP contribution < -0.4 is 9.64 Å². The molecule has 0 saturated carbocycles. The van der Waals surface area contributed by atoms with Crippen molar-refractivity contribution in [2.75, 3.05) is 37.7 Å². The van der Waals surface area contributed by atoms with Crippen molar-refractivity contribution in [1.82, 2.24) is 4.90 Å². The maximum absolute atomic E-state index is 5.86. The van der Waals surface area contributed by atoms with Crippen molar-refractivity contribution in [2.24, 2.45) is 0 Å². The van der Waals surface area contributed by atoms with Crippen LogP contribution >= 0.6 is 0 Å². The SMILES string of the molecule is CCCCCCOc1ccc(CN2CCN(c3cccc(C)c3C)CC2)cc1. The van der Waals surface area contributed by atoms with Crippen LogP contribution in [0.3, 0.4) is 0 Å². The molecule has 28 heavy (non-hydrogen) atoms. The van der Waals surface area contributed by atoms with Crippen molar-refractivity contribution >= 4 is 5.69 Å². The topological polar surface area (TPSA) is 15.7 Å². The number of unbranched alkanes of at least 4 members (excludes halogenated alkanes) is 3. The van der Waals surface area contributed by atoms with Gasteiger partial charge in [-0.05, 0) is 55.2 Å². The van der Waals surface area contributed by atoms with Crippen LogP contribution in [0.1, 0.15) is 49.3 Å². The molecule has 1 aliphatic rings. The first-order chi connectivity index (χ1) is 13.7. The van der Waals surface area contributed by atoms with Gasteiger partial charge in [0, 0.05) is 38.4 Å². The first-order valence-corrected chi connectivity index (χ1v) is 10.9. The number of aryl methyl sites for hydroxylation is 1. The number of benzene rings is 2. The molecule has 0 radical (unpaired) electrons. The Bertz CT molecular complexity index is 718. The molecule has 0 atom stereocenters. The Labute approximate surface area is 171 Å². The lowest BCUT2D eigenvalue weighted by Gasteiger charge is -2.37. The summed E-state index contributed by atoms with van der Waals surface area (Å²) >= 11 is 0. The summed E-state index contributed by atoms with van der Waals surface area (Å²) in [5.41, 5.74) is 5.58. The minimum absolute atomic E-state index is 0.833. The van der Waals surface area contributed by atoms with Crippen LogP contribution in [0, 0.1) is 13.8 Å². The smallest absolute Gasteiger partial charge is 0.119 e. The van der Waals surface area contributed by atoms with Crippen LogP contribution in [0.5, 0.6) is 5.75 Å². The first-order valence-electron chi connectivity index (χ1n) is 10.9. The summed E-state index contributed by atoms with van der Waals surface area (Å²) in [5.74, 6) is 1.000. The fraction of sp³-hybridized carbons (Fsp3) is 0.520. The van der Waals surface area contributed by atoms with Crippen molar-refractivity contribution in [3.05, 3.63) is 59.2 Å². The van der Waals surface area contributed by atoms with Gasteiger partial charge < -0.3 is 9.64 Å². The van der Waals surface area contributed by atoms with E-state index in [1.54, 1.807) is 0 Å². The Morgan fingerprint density at radius 1 is 0.857 bits per heavy atom. The van der Waals surface area contributed by atoms with Gasteiger partial charge in [0.1, 0.15) is 5.75 Å². The third-order valence-corrected chi connectivity index (χ3v) is 5.89. The van der Waals surface area contributed by atoms with Gasteiger partial charge in [-0.15, -0.1) is 0 Å². The molecule has 2 aromatic rings. The van der Waals surface area contributed by atoms with Crippen molar-refractivity contribution in [2.45, 2.75) is 53.0 Å². The van der Waals surface area contributed by atoms with Gasteiger partial charge >= 0.3 is 0 Å². The van der Waals surface area contributed by atoms with Crippen LogP contribution in [0.25, 0.3) is 0 Å². The predicted molar refractivity (Wildman–Crippen MR) is 119 cm³/mol. The first kappa shape index (κ1) is 20.7. The molecule has 1 saturated heterocycles. The standard InChI is InChI=1S/C25H36N2O/c1-4-5-6-7-19-28-24-13-11-23(12-14-24)20-26-15-17-27(18-16-26)25-10-8-9-21(2)22(25)3/h8-14H,4-7,15-20H2,1-3H3. The highest BCUT2D eigenvalue weighted by Crippen LogP contribution is 2.24. The Morgan fingerprint density at radius 3 is 2.32 bits per heavy atom. The molecule has 3 rings (SSSR count). The summed E-state index contributed by atoms with van der Waals surface area (Å²) in [6.07, 6.45) is 5.00. The number of hydrogen-bond donors (Lipinski definition) is 0. The highest BCUT2D eigenvalue weighted by atomic mass is 16.5. The summed E-state index contributed by atoms with van der Waals surface area (Å²) in [6, 6.07) is 15.3. The maximum Gasteiger partial charge on any atom is 0.119 e. The zero-order valence-corrected chi connectivity index (χ0v) is 17.9. The van der Waals surface area contributed by atoms with E-state index in [-0.39, 0.29) is 0 Å². The van der Waals surface area contributed by atoms with Gasteiger partial charge in [0.25, 0.3) is 0 Å². The van der Waals surface area contributed by atoms with Gasteiger partial charge in [0.05, 0.1) is 6.61 Å². The second-order valence-electron chi connectivity index (χ2n) is 8.04. The largest absolute Gasteiger partial charge is 0.494 e. The molecule has 0 aliphatic carbocycles. The molecule has 152 valence electrons. The van der Waals surface area contributed by atoms with E-state index in [0.717, 1.165) is 51.5 Å². The molecule has 3 nitrogen and oxygen atoms in total. The van der Waals surface area contributed by atoms with E-state index < -0.39 is 0 Å². The van der Waals surface area contributed by atoms with Gasteiger partial charge in [-0.25, -0.2) is 0 Å². The van der Waals surface area contributed by atoms with Crippen LogP contribution in [0.2, 0.25) is 0 Å². The minimum atomic E-state index is 0.833. The molecule has 0 N–H and O–H groups in total. The number of ether oxygens (including phenoxy) is 1. The monoisotopic (exact) mass is 380 g/mol. The summed E-state index contributed by atoms with van der Waals surface area (Å²) in [4.78, 5) is 5.09. The number of nitrogens with zero attached hydrogens (tertiary/aromatic N) is 2. The Hall–Kier alpha value is -2.00. The highest BCUT2D eigenvalue weighted by Gasteiger charge is 2.18. The van der Waals surface area contributed by atoms with Crippen molar-refractivity contribution < 1.29 is 4.74 Å². The van der Waals surface area contributed by atoms with E-state index in [1.807, 2.05) is 0 Å². The van der Waals surface area contributed by atoms with Gasteiger partial charge in [-0.1, -0.05) is 50.5 Å². The van der Waals surface area contributed by atoms with Crippen molar-refractivity contribution in [1.29, 1.82) is 0 Å². The Balaban J connectivity index is 1.44.